The summed E-state index contributed by atoms with van der Waals surface area (Å²) < 4.78 is 4.41. The first kappa shape index (κ1) is 9.77. The van der Waals surface area contributed by atoms with Crippen LogP contribution in [0.2, 0.25) is 0 Å². The van der Waals surface area contributed by atoms with Crippen molar-refractivity contribution < 1.29 is 14.3 Å². The van der Waals surface area contributed by atoms with Crippen LogP contribution in [0.25, 0.3) is 0 Å². The molecule has 1 fully saturated rings. The van der Waals surface area contributed by atoms with E-state index in [-0.39, 0.29) is 5.91 Å². The van der Waals surface area contributed by atoms with E-state index in [4.69, 9.17) is 0 Å². The zero-order valence-electron chi connectivity index (χ0n) is 7.66. The second kappa shape index (κ2) is 4.64. The van der Waals surface area contributed by atoms with Gasteiger partial charge in [0.2, 0.25) is 5.91 Å². The van der Waals surface area contributed by atoms with Gasteiger partial charge in [0, 0.05) is 25.2 Å². The van der Waals surface area contributed by atoms with Gasteiger partial charge in [0.05, 0.1) is 7.11 Å². The number of hydrogen-bond donors (Lipinski definition) is 0. The lowest BCUT2D eigenvalue weighted by Gasteiger charge is -2.22. The number of nitrogens with zero attached hydrogens (tertiary/aromatic N) is 1. The van der Waals surface area contributed by atoms with Crippen LogP contribution in [0.4, 0.5) is 0 Å². The van der Waals surface area contributed by atoms with E-state index >= 15 is 0 Å². The first-order valence-corrected chi connectivity index (χ1v) is 4.29. The highest BCUT2D eigenvalue weighted by Crippen LogP contribution is 2.10. The van der Waals surface area contributed by atoms with E-state index in [0.29, 0.717) is 13.0 Å². The van der Waals surface area contributed by atoms with Gasteiger partial charge in [-0.2, -0.15) is 0 Å². The van der Waals surface area contributed by atoms with Crippen molar-refractivity contribution in [3.63, 3.8) is 0 Å². The second-order valence-electron chi connectivity index (χ2n) is 2.88. The highest BCUT2D eigenvalue weighted by molar-refractivity contribution is 5.83. The van der Waals surface area contributed by atoms with Gasteiger partial charge in [-0.15, -0.1) is 0 Å². The fourth-order valence-electron chi connectivity index (χ4n) is 1.20. The maximum Gasteiger partial charge on any atom is 0.331 e. The number of likely N-dealkylation sites (tertiary alicyclic amines) is 1. The van der Waals surface area contributed by atoms with Crippen molar-refractivity contribution in [3.05, 3.63) is 12.3 Å². The van der Waals surface area contributed by atoms with E-state index in [1.165, 1.54) is 19.4 Å². The smallest absolute Gasteiger partial charge is 0.331 e. The van der Waals surface area contributed by atoms with Crippen LogP contribution < -0.4 is 0 Å². The molecule has 0 spiro atoms. The Balaban J connectivity index is 2.46. The summed E-state index contributed by atoms with van der Waals surface area (Å²) >= 11 is 0. The summed E-state index contributed by atoms with van der Waals surface area (Å²) in [5.41, 5.74) is 0. The monoisotopic (exact) mass is 183 g/mol. The summed E-state index contributed by atoms with van der Waals surface area (Å²) in [6.07, 6.45) is 5.28. The van der Waals surface area contributed by atoms with Crippen LogP contribution in [0.15, 0.2) is 12.3 Å². The Hall–Kier alpha value is -1.32. The number of piperidine rings is 1. The highest BCUT2D eigenvalue weighted by atomic mass is 16.5. The molecule has 1 aliphatic rings. The van der Waals surface area contributed by atoms with Crippen LogP contribution in [0, 0.1) is 0 Å². The number of carbonyl (C=O) groups excluding carboxylic acids is 2. The van der Waals surface area contributed by atoms with Crippen molar-refractivity contribution in [1.29, 1.82) is 0 Å². The van der Waals surface area contributed by atoms with E-state index in [0.717, 1.165) is 12.8 Å². The zero-order chi connectivity index (χ0) is 9.68. The molecular weight excluding hydrogens is 170 g/mol. The molecule has 0 aliphatic carbocycles. The lowest BCUT2D eigenvalue weighted by molar-refractivity contribution is -0.134. The SMILES string of the molecule is COC(=O)/C=C/N1CCCCC1=O. The van der Waals surface area contributed by atoms with Gasteiger partial charge in [-0.05, 0) is 12.8 Å². The first-order chi connectivity index (χ1) is 6.24. The number of carbonyl (C=O) groups is 2. The summed E-state index contributed by atoms with van der Waals surface area (Å²) in [6, 6.07) is 0. The number of methoxy groups -OCH3 is 1. The lowest BCUT2D eigenvalue weighted by Crippen LogP contribution is -2.30. The van der Waals surface area contributed by atoms with Gasteiger partial charge in [0.25, 0.3) is 0 Å². The standard InChI is InChI=1S/C9H13NO3/c1-13-9(12)5-7-10-6-3-2-4-8(10)11/h5,7H,2-4,6H2,1H3/b7-5+. The Bertz CT molecular complexity index is 235. The summed E-state index contributed by atoms with van der Waals surface area (Å²) in [6.45, 7) is 0.701. The van der Waals surface area contributed by atoms with Crippen LogP contribution in [0.5, 0.6) is 0 Å². The van der Waals surface area contributed by atoms with Crippen LogP contribution >= 0.6 is 0 Å². The van der Waals surface area contributed by atoms with Crippen LogP contribution in [0.1, 0.15) is 19.3 Å². The van der Waals surface area contributed by atoms with Gasteiger partial charge in [0.1, 0.15) is 0 Å². The first-order valence-electron chi connectivity index (χ1n) is 4.29. The molecule has 0 saturated carbocycles. The van der Waals surface area contributed by atoms with E-state index < -0.39 is 5.97 Å². The molecule has 0 bridgehead atoms. The molecule has 1 rings (SSSR count). The summed E-state index contributed by atoms with van der Waals surface area (Å²) in [5, 5.41) is 0. The van der Waals surface area contributed by atoms with E-state index in [1.54, 1.807) is 4.90 Å². The number of hydrogen-bond acceptors (Lipinski definition) is 3. The molecule has 1 amide bonds. The Morgan fingerprint density at radius 2 is 2.31 bits per heavy atom. The Kier molecular flexibility index (Phi) is 3.49. The molecule has 1 aliphatic heterocycles. The largest absolute Gasteiger partial charge is 0.466 e. The van der Waals surface area contributed by atoms with Crippen molar-refractivity contribution in [3.8, 4) is 0 Å². The predicted octanol–water partition coefficient (Wildman–Crippen LogP) is 0.686. The normalized spacial score (nSPS) is 17.9. The van der Waals surface area contributed by atoms with Crippen LogP contribution in [-0.2, 0) is 14.3 Å². The molecule has 0 atom stereocenters. The maximum atomic E-state index is 11.2. The summed E-state index contributed by atoms with van der Waals surface area (Å²) in [4.78, 5) is 23.5. The number of esters is 1. The van der Waals surface area contributed by atoms with Crippen molar-refractivity contribution >= 4 is 11.9 Å². The molecule has 1 saturated heterocycles. The third-order valence-corrected chi connectivity index (χ3v) is 1.95. The lowest BCUT2D eigenvalue weighted by atomic mass is 10.1. The second-order valence-corrected chi connectivity index (χ2v) is 2.88. The number of amides is 1. The van der Waals surface area contributed by atoms with Gasteiger partial charge >= 0.3 is 5.97 Å². The van der Waals surface area contributed by atoms with Gasteiger partial charge < -0.3 is 9.64 Å². The molecule has 0 aromatic rings. The fourth-order valence-corrected chi connectivity index (χ4v) is 1.20. The summed E-state index contributed by atoms with van der Waals surface area (Å²) in [7, 11) is 1.31. The van der Waals surface area contributed by atoms with Crippen molar-refractivity contribution in [1.82, 2.24) is 4.90 Å². The third kappa shape index (κ3) is 2.89. The molecular formula is C9H13NO3. The number of ether oxygens (including phenoxy) is 1. The van der Waals surface area contributed by atoms with Crippen molar-refractivity contribution in [2.45, 2.75) is 19.3 Å². The average molecular weight is 183 g/mol. The van der Waals surface area contributed by atoms with Crippen LogP contribution in [0.3, 0.4) is 0 Å². The quantitative estimate of drug-likeness (QED) is 0.467. The minimum atomic E-state index is -0.432. The van der Waals surface area contributed by atoms with Gasteiger partial charge in [-0.3, -0.25) is 4.79 Å². The molecule has 0 aromatic heterocycles. The van der Waals surface area contributed by atoms with Crippen molar-refractivity contribution in [2.75, 3.05) is 13.7 Å². The molecule has 1 heterocycles. The van der Waals surface area contributed by atoms with E-state index in [1.807, 2.05) is 0 Å². The highest BCUT2D eigenvalue weighted by Gasteiger charge is 2.15. The van der Waals surface area contributed by atoms with Gasteiger partial charge in [-0.1, -0.05) is 0 Å². The van der Waals surface area contributed by atoms with Gasteiger partial charge in [-0.25, -0.2) is 4.79 Å². The molecule has 0 unspecified atom stereocenters. The minimum Gasteiger partial charge on any atom is -0.466 e. The topological polar surface area (TPSA) is 46.6 Å². The fraction of sp³-hybridized carbons (Fsp3) is 0.556. The Morgan fingerprint density at radius 1 is 1.54 bits per heavy atom. The van der Waals surface area contributed by atoms with E-state index in [2.05, 4.69) is 4.74 Å². The predicted molar refractivity (Wildman–Crippen MR) is 46.7 cm³/mol. The maximum absolute atomic E-state index is 11.2. The minimum absolute atomic E-state index is 0.0754. The zero-order valence-corrected chi connectivity index (χ0v) is 7.66. The van der Waals surface area contributed by atoms with Gasteiger partial charge in [0.15, 0.2) is 0 Å². The molecule has 4 nitrogen and oxygen atoms in total. The Morgan fingerprint density at radius 3 is 2.92 bits per heavy atom. The molecule has 0 radical (unpaired) electrons. The average Bonchev–Trinajstić information content (AvgIpc) is 2.16. The summed E-state index contributed by atoms with van der Waals surface area (Å²) in [5.74, 6) is -0.357. The molecule has 72 valence electrons. The molecule has 13 heavy (non-hydrogen) atoms. The number of rotatable bonds is 2. The third-order valence-electron chi connectivity index (χ3n) is 1.95. The van der Waals surface area contributed by atoms with Crippen LogP contribution in [-0.4, -0.2) is 30.4 Å². The van der Waals surface area contributed by atoms with Crippen molar-refractivity contribution in [2.24, 2.45) is 0 Å². The molecule has 0 aromatic carbocycles. The molecule has 4 heteroatoms. The Labute approximate surface area is 77.2 Å². The molecule has 0 N–H and O–H groups in total. The van der Waals surface area contributed by atoms with E-state index in [9.17, 15) is 9.59 Å².